The highest BCUT2D eigenvalue weighted by Crippen LogP contribution is 2.20. The molecule has 0 saturated carbocycles. The van der Waals surface area contributed by atoms with E-state index in [0.717, 1.165) is 44.8 Å². The molecule has 158 valence electrons. The number of carbonyl (C=O) groups is 1. The third kappa shape index (κ3) is 5.35. The van der Waals surface area contributed by atoms with Crippen LogP contribution < -0.4 is 10.2 Å². The number of anilines is 1. The lowest BCUT2D eigenvalue weighted by atomic mass is 10.1. The zero-order valence-corrected chi connectivity index (χ0v) is 17.9. The van der Waals surface area contributed by atoms with E-state index in [2.05, 4.69) is 41.0 Å². The molecule has 1 amide bonds. The zero-order valence-electron chi connectivity index (χ0n) is 17.9. The topological polar surface area (TPSA) is 53.4 Å². The van der Waals surface area contributed by atoms with Crippen molar-refractivity contribution < 1.29 is 9.18 Å². The number of benzene rings is 1. The highest BCUT2D eigenvalue weighted by molar-refractivity contribution is 5.92. The number of nitrogens with zero attached hydrogens (tertiary/aromatic N) is 4. The standard InChI is InChI=1S/C22H32FN5O/c1-17-16-19(25-28(17)22(2,3)4)21(29)24-10-7-11-26-12-14-27(15-13-26)20-9-6-5-8-18(20)23/h5-6,8-9,16H,7,10-15H2,1-4H3,(H,24,29). The summed E-state index contributed by atoms with van der Waals surface area (Å²) in [5, 5.41) is 7.42. The van der Waals surface area contributed by atoms with Gasteiger partial charge in [0.2, 0.25) is 0 Å². The van der Waals surface area contributed by atoms with E-state index in [-0.39, 0.29) is 17.3 Å². The second kappa shape index (κ2) is 8.95. The molecule has 0 radical (unpaired) electrons. The Kier molecular flexibility index (Phi) is 6.57. The summed E-state index contributed by atoms with van der Waals surface area (Å²) >= 11 is 0. The maximum Gasteiger partial charge on any atom is 0.271 e. The third-order valence-corrected chi connectivity index (χ3v) is 5.26. The molecule has 2 heterocycles. The van der Waals surface area contributed by atoms with Gasteiger partial charge in [-0.15, -0.1) is 0 Å². The Balaban J connectivity index is 1.39. The van der Waals surface area contributed by atoms with E-state index in [1.54, 1.807) is 6.07 Å². The molecule has 0 aliphatic carbocycles. The number of aromatic nitrogens is 2. The average molecular weight is 402 g/mol. The minimum atomic E-state index is -0.159. The molecule has 3 rings (SSSR count). The van der Waals surface area contributed by atoms with Gasteiger partial charge < -0.3 is 10.2 Å². The molecule has 1 fully saturated rings. The summed E-state index contributed by atoms with van der Waals surface area (Å²) in [6, 6.07) is 8.78. The molecule has 0 atom stereocenters. The van der Waals surface area contributed by atoms with Crippen LogP contribution in [0.3, 0.4) is 0 Å². The van der Waals surface area contributed by atoms with Crippen molar-refractivity contribution in [1.82, 2.24) is 20.0 Å². The SMILES string of the molecule is Cc1cc(C(=O)NCCCN2CCN(c3ccccc3F)CC2)nn1C(C)(C)C. The highest BCUT2D eigenvalue weighted by Gasteiger charge is 2.21. The van der Waals surface area contributed by atoms with Crippen molar-refractivity contribution in [1.29, 1.82) is 0 Å². The van der Waals surface area contributed by atoms with Gasteiger partial charge in [-0.1, -0.05) is 12.1 Å². The number of carbonyl (C=O) groups excluding carboxylic acids is 1. The first-order chi connectivity index (χ1) is 13.8. The van der Waals surface area contributed by atoms with Gasteiger partial charge in [0.05, 0.1) is 11.2 Å². The van der Waals surface area contributed by atoms with Crippen LogP contribution >= 0.6 is 0 Å². The van der Waals surface area contributed by atoms with Crippen LogP contribution in [0.1, 0.15) is 43.4 Å². The van der Waals surface area contributed by atoms with Crippen molar-refractivity contribution in [2.75, 3.05) is 44.2 Å². The number of rotatable bonds is 6. The number of amides is 1. The molecule has 1 aromatic heterocycles. The van der Waals surface area contributed by atoms with E-state index in [9.17, 15) is 9.18 Å². The summed E-state index contributed by atoms with van der Waals surface area (Å²) in [5.41, 5.74) is 1.99. The second-order valence-electron chi connectivity index (χ2n) is 8.64. The van der Waals surface area contributed by atoms with Crippen LogP contribution in [0.4, 0.5) is 10.1 Å². The molecule has 7 heteroatoms. The second-order valence-corrected chi connectivity index (χ2v) is 8.64. The normalized spacial score (nSPS) is 15.6. The van der Waals surface area contributed by atoms with Gasteiger partial charge in [0, 0.05) is 38.4 Å². The Hall–Kier alpha value is -2.41. The molecule has 0 unspecified atom stereocenters. The molecule has 1 aliphatic heterocycles. The lowest BCUT2D eigenvalue weighted by Gasteiger charge is -2.36. The van der Waals surface area contributed by atoms with E-state index in [4.69, 9.17) is 0 Å². The summed E-state index contributed by atoms with van der Waals surface area (Å²) in [5.74, 6) is -0.284. The number of halogens is 1. The Morgan fingerprint density at radius 1 is 1.17 bits per heavy atom. The van der Waals surface area contributed by atoms with Crippen molar-refractivity contribution in [2.45, 2.75) is 39.7 Å². The van der Waals surface area contributed by atoms with Crippen LogP contribution in [-0.2, 0) is 5.54 Å². The number of para-hydroxylation sites is 1. The average Bonchev–Trinajstić information content (AvgIpc) is 3.08. The number of hydrogen-bond donors (Lipinski definition) is 1. The van der Waals surface area contributed by atoms with Crippen molar-refractivity contribution in [2.24, 2.45) is 0 Å². The molecule has 1 aromatic carbocycles. The fourth-order valence-electron chi connectivity index (χ4n) is 3.78. The monoisotopic (exact) mass is 401 g/mol. The molecule has 1 saturated heterocycles. The van der Waals surface area contributed by atoms with E-state index in [1.165, 1.54) is 6.07 Å². The molecule has 29 heavy (non-hydrogen) atoms. The molecule has 1 N–H and O–H groups in total. The summed E-state index contributed by atoms with van der Waals surface area (Å²) < 4.78 is 15.8. The Morgan fingerprint density at radius 3 is 2.48 bits per heavy atom. The summed E-state index contributed by atoms with van der Waals surface area (Å²) in [6.07, 6.45) is 0.879. The summed E-state index contributed by atoms with van der Waals surface area (Å²) in [4.78, 5) is 16.8. The van der Waals surface area contributed by atoms with Crippen molar-refractivity contribution in [3.63, 3.8) is 0 Å². The van der Waals surface area contributed by atoms with Gasteiger partial charge >= 0.3 is 0 Å². The third-order valence-electron chi connectivity index (χ3n) is 5.26. The van der Waals surface area contributed by atoms with Gasteiger partial charge in [-0.2, -0.15) is 5.10 Å². The first kappa shape index (κ1) is 21.3. The van der Waals surface area contributed by atoms with Crippen LogP contribution in [-0.4, -0.2) is 59.9 Å². The van der Waals surface area contributed by atoms with Crippen LogP contribution in [0.15, 0.2) is 30.3 Å². The van der Waals surface area contributed by atoms with Gasteiger partial charge in [0.15, 0.2) is 0 Å². The Labute approximate surface area is 172 Å². The maximum atomic E-state index is 13.9. The minimum Gasteiger partial charge on any atom is -0.367 e. The van der Waals surface area contributed by atoms with Gasteiger partial charge in [0.25, 0.3) is 5.91 Å². The quantitative estimate of drug-likeness (QED) is 0.756. The summed E-state index contributed by atoms with van der Waals surface area (Å²) in [7, 11) is 0. The molecular formula is C22H32FN5O. The first-order valence-corrected chi connectivity index (χ1v) is 10.3. The number of nitrogens with one attached hydrogen (secondary N) is 1. The minimum absolute atomic E-state index is 0.125. The van der Waals surface area contributed by atoms with Crippen LogP contribution in [0.5, 0.6) is 0 Å². The Bertz CT molecular complexity index is 834. The summed E-state index contributed by atoms with van der Waals surface area (Å²) in [6.45, 7) is 13.1. The predicted molar refractivity (Wildman–Crippen MR) is 114 cm³/mol. The van der Waals surface area contributed by atoms with E-state index in [0.29, 0.717) is 17.9 Å². The fraction of sp³-hybridized carbons (Fsp3) is 0.545. The maximum absolute atomic E-state index is 13.9. The lowest BCUT2D eigenvalue weighted by Crippen LogP contribution is -2.47. The molecular weight excluding hydrogens is 369 g/mol. The highest BCUT2D eigenvalue weighted by atomic mass is 19.1. The van der Waals surface area contributed by atoms with Gasteiger partial charge in [-0.05, 0) is 58.9 Å². The van der Waals surface area contributed by atoms with E-state index >= 15 is 0 Å². The van der Waals surface area contributed by atoms with Crippen LogP contribution in [0, 0.1) is 12.7 Å². The van der Waals surface area contributed by atoms with Crippen molar-refractivity contribution >= 4 is 11.6 Å². The number of aryl methyl sites for hydroxylation is 1. The molecule has 2 aromatic rings. The Morgan fingerprint density at radius 2 is 1.86 bits per heavy atom. The smallest absolute Gasteiger partial charge is 0.271 e. The zero-order chi connectivity index (χ0) is 21.0. The van der Waals surface area contributed by atoms with E-state index in [1.807, 2.05) is 29.8 Å². The van der Waals surface area contributed by atoms with Crippen molar-refractivity contribution in [3.05, 3.63) is 47.5 Å². The first-order valence-electron chi connectivity index (χ1n) is 10.3. The van der Waals surface area contributed by atoms with Crippen LogP contribution in [0.25, 0.3) is 0 Å². The largest absolute Gasteiger partial charge is 0.367 e. The van der Waals surface area contributed by atoms with Gasteiger partial charge in [0.1, 0.15) is 11.5 Å². The molecule has 0 spiro atoms. The van der Waals surface area contributed by atoms with Gasteiger partial charge in [-0.25, -0.2) is 4.39 Å². The molecule has 6 nitrogen and oxygen atoms in total. The van der Waals surface area contributed by atoms with Gasteiger partial charge in [-0.3, -0.25) is 14.4 Å². The fourth-order valence-corrected chi connectivity index (χ4v) is 3.78. The molecule has 1 aliphatic rings. The van der Waals surface area contributed by atoms with Crippen molar-refractivity contribution in [3.8, 4) is 0 Å². The number of piperazine rings is 1. The van der Waals surface area contributed by atoms with E-state index < -0.39 is 0 Å². The predicted octanol–water partition coefficient (Wildman–Crippen LogP) is 3.03. The lowest BCUT2D eigenvalue weighted by molar-refractivity contribution is 0.0945. The molecule has 0 bridgehead atoms. The number of hydrogen-bond acceptors (Lipinski definition) is 4. The van der Waals surface area contributed by atoms with Crippen LogP contribution in [0.2, 0.25) is 0 Å².